The quantitative estimate of drug-likeness (QED) is 0.826. The monoisotopic (exact) mass is 359 g/mol. The third-order valence-electron chi connectivity index (χ3n) is 5.52. The molecule has 1 aliphatic carbocycles. The Balaban J connectivity index is 1.94. The van der Waals surface area contributed by atoms with Gasteiger partial charge in [0.15, 0.2) is 9.84 Å². The molecule has 2 aliphatic rings. The van der Waals surface area contributed by atoms with Crippen LogP contribution in [0.15, 0.2) is 42.5 Å². The minimum absolute atomic E-state index is 0.103. The molecular weight excluding hydrogens is 337 g/mol. The van der Waals surface area contributed by atoms with E-state index < -0.39 is 20.3 Å². The van der Waals surface area contributed by atoms with Crippen molar-refractivity contribution in [1.29, 1.82) is 0 Å². The van der Waals surface area contributed by atoms with Gasteiger partial charge < -0.3 is 4.90 Å². The van der Waals surface area contributed by atoms with Gasteiger partial charge in [-0.05, 0) is 61.3 Å². The summed E-state index contributed by atoms with van der Waals surface area (Å²) in [6.07, 6.45) is 1.25. The Kier molecular flexibility index (Phi) is 3.96. The molecule has 0 saturated carbocycles. The first-order chi connectivity index (χ1) is 11.9. The molecule has 1 saturated heterocycles. The lowest BCUT2D eigenvalue weighted by Crippen LogP contribution is -2.30. The van der Waals surface area contributed by atoms with Crippen LogP contribution in [-0.2, 0) is 16.3 Å². The summed E-state index contributed by atoms with van der Waals surface area (Å²) in [5.41, 5.74) is 3.84. The predicted molar refractivity (Wildman–Crippen MR) is 97.0 cm³/mol. The Morgan fingerprint density at radius 1 is 1.08 bits per heavy atom. The van der Waals surface area contributed by atoms with Gasteiger partial charge in [-0.2, -0.15) is 0 Å². The summed E-state index contributed by atoms with van der Waals surface area (Å²) in [6, 6.07) is 12.7. The summed E-state index contributed by atoms with van der Waals surface area (Å²) in [6.45, 7) is 0.502. The second-order valence-corrected chi connectivity index (χ2v) is 9.81. The van der Waals surface area contributed by atoms with E-state index in [1.807, 2.05) is 37.2 Å². The predicted octanol–water partition coefficient (Wildman–Crippen LogP) is 3.30. The number of halogens is 1. The van der Waals surface area contributed by atoms with Crippen molar-refractivity contribution in [2.75, 3.05) is 20.6 Å². The van der Waals surface area contributed by atoms with E-state index in [4.69, 9.17) is 0 Å². The Morgan fingerprint density at radius 2 is 1.80 bits per heavy atom. The van der Waals surface area contributed by atoms with Crippen molar-refractivity contribution < 1.29 is 12.8 Å². The van der Waals surface area contributed by atoms with Crippen molar-refractivity contribution in [3.63, 3.8) is 0 Å². The molecule has 0 aromatic heterocycles. The SMILES string of the molecule is CN(C)C[C@@H]1C[C@@H]2c3ccccc3Cc3ccc(F)cc3[C@H]2S1(=O)=O. The van der Waals surface area contributed by atoms with Crippen molar-refractivity contribution >= 4 is 9.84 Å². The summed E-state index contributed by atoms with van der Waals surface area (Å²) in [5.74, 6) is -0.469. The molecule has 1 fully saturated rings. The normalized spacial score (nSPS) is 26.6. The van der Waals surface area contributed by atoms with Crippen LogP contribution in [0.2, 0.25) is 0 Å². The van der Waals surface area contributed by atoms with Gasteiger partial charge in [-0.3, -0.25) is 0 Å². The molecule has 25 heavy (non-hydrogen) atoms. The van der Waals surface area contributed by atoms with Crippen LogP contribution in [0.1, 0.15) is 39.8 Å². The van der Waals surface area contributed by atoms with Crippen molar-refractivity contribution in [3.8, 4) is 0 Å². The van der Waals surface area contributed by atoms with Gasteiger partial charge in [0.25, 0.3) is 0 Å². The van der Waals surface area contributed by atoms with Crippen molar-refractivity contribution in [2.45, 2.75) is 29.3 Å². The van der Waals surface area contributed by atoms with Crippen LogP contribution >= 0.6 is 0 Å². The van der Waals surface area contributed by atoms with Gasteiger partial charge in [0.05, 0.1) is 10.5 Å². The molecular formula is C20H22FNO2S. The summed E-state index contributed by atoms with van der Waals surface area (Å²) in [7, 11) is 0.401. The summed E-state index contributed by atoms with van der Waals surface area (Å²) in [5, 5.41) is -1.06. The fourth-order valence-electron chi connectivity index (χ4n) is 4.50. The molecule has 3 nitrogen and oxygen atoms in total. The Labute approximate surface area is 148 Å². The highest BCUT2D eigenvalue weighted by Gasteiger charge is 2.51. The molecule has 5 heteroatoms. The second kappa shape index (κ2) is 5.92. The number of hydrogen-bond acceptors (Lipinski definition) is 3. The zero-order valence-corrected chi connectivity index (χ0v) is 15.3. The van der Waals surface area contributed by atoms with Gasteiger partial charge in [0.2, 0.25) is 0 Å². The van der Waals surface area contributed by atoms with E-state index in [1.54, 1.807) is 6.07 Å². The minimum atomic E-state index is -3.39. The Hall–Kier alpha value is -1.72. The van der Waals surface area contributed by atoms with E-state index in [-0.39, 0.29) is 11.7 Å². The number of hydrogen-bond donors (Lipinski definition) is 0. The smallest absolute Gasteiger partial charge is 0.162 e. The van der Waals surface area contributed by atoms with E-state index >= 15 is 0 Å². The van der Waals surface area contributed by atoms with Gasteiger partial charge in [0, 0.05) is 12.5 Å². The van der Waals surface area contributed by atoms with Crippen LogP contribution in [0.3, 0.4) is 0 Å². The van der Waals surface area contributed by atoms with E-state index in [0.717, 1.165) is 16.7 Å². The molecule has 2 aromatic rings. The first-order valence-electron chi connectivity index (χ1n) is 8.61. The molecule has 1 heterocycles. The Morgan fingerprint density at radius 3 is 2.56 bits per heavy atom. The van der Waals surface area contributed by atoms with Gasteiger partial charge >= 0.3 is 0 Å². The molecule has 0 unspecified atom stereocenters. The fourth-order valence-corrected chi connectivity index (χ4v) is 7.19. The standard InChI is InChI=1S/C20H22FNO2S/c1-22(2)12-16-11-19-17-6-4-3-5-13(17)9-14-7-8-15(21)10-18(14)20(19)25(16,23)24/h3-8,10,16,19-20H,9,11-12H2,1-2H3/t16-,19+,20+/m0/s1. The van der Waals surface area contributed by atoms with Gasteiger partial charge in [-0.25, -0.2) is 12.8 Å². The van der Waals surface area contributed by atoms with E-state index in [0.29, 0.717) is 24.9 Å². The highest BCUT2D eigenvalue weighted by molar-refractivity contribution is 7.92. The van der Waals surface area contributed by atoms with Crippen molar-refractivity contribution in [1.82, 2.24) is 4.90 Å². The molecule has 4 rings (SSSR count). The van der Waals surface area contributed by atoms with Crippen molar-refractivity contribution in [3.05, 3.63) is 70.5 Å². The lowest BCUT2D eigenvalue weighted by atomic mass is 9.87. The summed E-state index contributed by atoms with van der Waals surface area (Å²) < 4.78 is 40.7. The molecule has 0 amide bonds. The van der Waals surface area contributed by atoms with Crippen LogP contribution in [0.4, 0.5) is 4.39 Å². The Bertz CT molecular complexity index is 923. The first-order valence-corrected chi connectivity index (χ1v) is 10.2. The zero-order chi connectivity index (χ0) is 17.8. The second-order valence-electron chi connectivity index (χ2n) is 7.45. The first kappa shape index (κ1) is 16.7. The number of fused-ring (bicyclic) bond motifs is 5. The highest BCUT2D eigenvalue weighted by atomic mass is 32.2. The number of sulfone groups is 1. The van der Waals surface area contributed by atoms with Crippen molar-refractivity contribution in [2.24, 2.45) is 0 Å². The average molecular weight is 359 g/mol. The zero-order valence-electron chi connectivity index (χ0n) is 14.4. The molecule has 0 N–H and O–H groups in total. The number of nitrogens with zero attached hydrogens (tertiary/aromatic N) is 1. The third-order valence-corrected chi connectivity index (χ3v) is 8.08. The molecule has 3 atom stereocenters. The van der Waals surface area contributed by atoms with E-state index in [2.05, 4.69) is 6.07 Å². The average Bonchev–Trinajstić information content (AvgIpc) is 2.71. The lowest BCUT2D eigenvalue weighted by molar-refractivity contribution is 0.394. The van der Waals surface area contributed by atoms with Crippen LogP contribution < -0.4 is 0 Å². The maximum atomic E-state index is 14.0. The number of rotatable bonds is 2. The number of benzene rings is 2. The summed E-state index contributed by atoms with van der Waals surface area (Å²) in [4.78, 5) is 1.92. The van der Waals surface area contributed by atoms with Gasteiger partial charge in [-0.1, -0.05) is 30.3 Å². The molecule has 0 spiro atoms. The van der Waals surface area contributed by atoms with E-state index in [9.17, 15) is 12.8 Å². The fraction of sp³-hybridized carbons (Fsp3) is 0.400. The lowest BCUT2D eigenvalue weighted by Gasteiger charge is -2.20. The van der Waals surface area contributed by atoms with E-state index in [1.165, 1.54) is 12.1 Å². The topological polar surface area (TPSA) is 37.4 Å². The summed E-state index contributed by atoms with van der Waals surface area (Å²) >= 11 is 0. The van der Waals surface area contributed by atoms with Crippen LogP contribution in [0.5, 0.6) is 0 Å². The molecule has 0 bridgehead atoms. The largest absolute Gasteiger partial charge is 0.308 e. The van der Waals surface area contributed by atoms with Gasteiger partial charge in [0.1, 0.15) is 5.82 Å². The molecule has 0 radical (unpaired) electrons. The van der Waals surface area contributed by atoms with Gasteiger partial charge in [-0.15, -0.1) is 0 Å². The van der Waals surface area contributed by atoms with Crippen LogP contribution in [-0.4, -0.2) is 39.2 Å². The third kappa shape index (κ3) is 2.70. The molecule has 2 aromatic carbocycles. The van der Waals surface area contributed by atoms with Crippen LogP contribution in [0, 0.1) is 5.82 Å². The van der Waals surface area contributed by atoms with Crippen LogP contribution in [0.25, 0.3) is 0 Å². The molecule has 132 valence electrons. The highest BCUT2D eigenvalue weighted by Crippen LogP contribution is 2.53. The minimum Gasteiger partial charge on any atom is -0.308 e. The maximum Gasteiger partial charge on any atom is 0.162 e. The maximum absolute atomic E-state index is 14.0. The molecule has 1 aliphatic heterocycles.